The molecule has 0 aromatic heterocycles. The largest absolute Gasteiger partial charge is 0.383 e. The lowest BCUT2D eigenvalue weighted by molar-refractivity contribution is 0.581. The summed E-state index contributed by atoms with van der Waals surface area (Å²) >= 11 is 2.30. The Labute approximate surface area is 91.4 Å². The molecule has 13 heavy (non-hydrogen) atoms. The molecular formula is C10H11IN2. The van der Waals surface area contributed by atoms with Gasteiger partial charge in [0.1, 0.15) is 5.82 Å². The minimum Gasteiger partial charge on any atom is -0.383 e. The third-order valence-electron chi connectivity index (χ3n) is 2.46. The summed E-state index contributed by atoms with van der Waals surface area (Å²) < 4.78 is 1.17. The highest BCUT2D eigenvalue weighted by Crippen LogP contribution is 2.38. The van der Waals surface area contributed by atoms with Crippen LogP contribution in [0.1, 0.15) is 6.92 Å². The second-order valence-corrected chi connectivity index (χ2v) is 4.54. The van der Waals surface area contributed by atoms with E-state index in [1.54, 1.807) is 0 Å². The van der Waals surface area contributed by atoms with Crippen LogP contribution in [-0.4, -0.2) is 6.21 Å². The molecule has 0 bridgehead atoms. The number of allylic oxidation sites excluding steroid dienone is 5. The van der Waals surface area contributed by atoms with Gasteiger partial charge in [0.2, 0.25) is 0 Å². The Bertz CT molecular complexity index is 348. The van der Waals surface area contributed by atoms with E-state index in [4.69, 9.17) is 5.73 Å². The first-order valence-corrected chi connectivity index (χ1v) is 5.35. The van der Waals surface area contributed by atoms with Gasteiger partial charge in [-0.25, -0.2) is 4.99 Å². The van der Waals surface area contributed by atoms with Crippen LogP contribution in [0, 0.1) is 11.8 Å². The smallest absolute Gasteiger partial charge is 0.133 e. The molecule has 1 heterocycles. The molecule has 0 radical (unpaired) electrons. The van der Waals surface area contributed by atoms with Crippen molar-refractivity contribution in [2.24, 2.45) is 22.6 Å². The van der Waals surface area contributed by atoms with Gasteiger partial charge in [-0.3, -0.25) is 0 Å². The minimum atomic E-state index is 0.433. The number of nitrogens with zero attached hydrogens (tertiary/aromatic N) is 1. The molecule has 0 fully saturated rings. The molecular weight excluding hydrogens is 275 g/mol. The van der Waals surface area contributed by atoms with Crippen molar-refractivity contribution in [1.29, 1.82) is 0 Å². The average Bonchev–Trinajstić information content (AvgIpc) is 2.12. The normalized spacial score (nSPS) is 31.7. The lowest BCUT2D eigenvalue weighted by Crippen LogP contribution is -2.21. The van der Waals surface area contributed by atoms with Crippen LogP contribution in [0.15, 0.2) is 38.2 Å². The molecule has 2 nitrogen and oxygen atoms in total. The molecule has 2 unspecified atom stereocenters. The van der Waals surface area contributed by atoms with E-state index >= 15 is 0 Å². The van der Waals surface area contributed by atoms with Crippen molar-refractivity contribution in [2.45, 2.75) is 6.92 Å². The monoisotopic (exact) mass is 286 g/mol. The summed E-state index contributed by atoms with van der Waals surface area (Å²) in [6.07, 6.45) is 8.29. The number of rotatable bonds is 0. The Morgan fingerprint density at radius 3 is 3.08 bits per heavy atom. The summed E-state index contributed by atoms with van der Waals surface area (Å²) in [5.74, 6) is 1.63. The van der Waals surface area contributed by atoms with Crippen molar-refractivity contribution < 1.29 is 0 Å². The van der Waals surface area contributed by atoms with Crippen LogP contribution < -0.4 is 5.73 Å². The van der Waals surface area contributed by atoms with Crippen LogP contribution in [0.25, 0.3) is 0 Å². The molecule has 2 N–H and O–H groups in total. The SMILES string of the molecule is CC1C=CC=C2C=NC(N)=C(I)C21. The molecule has 0 saturated carbocycles. The molecule has 2 rings (SSSR count). The summed E-state index contributed by atoms with van der Waals surface area (Å²) in [5.41, 5.74) is 7.04. The maximum absolute atomic E-state index is 5.77. The van der Waals surface area contributed by atoms with Crippen molar-refractivity contribution >= 4 is 28.8 Å². The fraction of sp³-hybridized carbons (Fsp3) is 0.300. The maximum atomic E-state index is 5.77. The number of hydrogen-bond donors (Lipinski definition) is 1. The summed E-state index contributed by atoms with van der Waals surface area (Å²) in [6.45, 7) is 2.21. The standard InChI is InChI=1S/C10H11IN2/c1-6-3-2-4-7-5-13-10(12)9(11)8(6)7/h2-6,8H,12H2,1H3. The van der Waals surface area contributed by atoms with Gasteiger partial charge in [0.15, 0.2) is 0 Å². The van der Waals surface area contributed by atoms with Gasteiger partial charge in [0.05, 0.1) is 0 Å². The summed E-state index contributed by atoms with van der Waals surface area (Å²) in [4.78, 5) is 4.15. The number of halogens is 1. The molecule has 2 aliphatic rings. The Balaban J connectivity index is 2.45. The van der Waals surface area contributed by atoms with Crippen molar-refractivity contribution in [3.05, 3.63) is 33.2 Å². The number of hydrogen-bond acceptors (Lipinski definition) is 2. The van der Waals surface area contributed by atoms with Crippen LogP contribution in [0.2, 0.25) is 0 Å². The molecule has 0 aromatic carbocycles. The van der Waals surface area contributed by atoms with Crippen molar-refractivity contribution in [3.63, 3.8) is 0 Å². The predicted octanol–water partition coefficient (Wildman–Crippen LogP) is 2.38. The Morgan fingerprint density at radius 1 is 1.54 bits per heavy atom. The van der Waals surface area contributed by atoms with Gasteiger partial charge in [-0.15, -0.1) is 0 Å². The fourth-order valence-corrected chi connectivity index (χ4v) is 2.79. The zero-order chi connectivity index (χ0) is 9.42. The average molecular weight is 286 g/mol. The lowest BCUT2D eigenvalue weighted by Gasteiger charge is -2.27. The topological polar surface area (TPSA) is 38.4 Å². The van der Waals surface area contributed by atoms with Crippen molar-refractivity contribution in [2.75, 3.05) is 0 Å². The van der Waals surface area contributed by atoms with Gasteiger partial charge < -0.3 is 5.73 Å². The van der Waals surface area contributed by atoms with E-state index in [9.17, 15) is 0 Å². The summed E-state index contributed by atoms with van der Waals surface area (Å²) in [7, 11) is 0. The van der Waals surface area contributed by atoms with E-state index in [1.807, 2.05) is 6.21 Å². The van der Waals surface area contributed by atoms with Gasteiger partial charge in [-0.2, -0.15) is 0 Å². The second kappa shape index (κ2) is 3.29. The van der Waals surface area contributed by atoms with Crippen LogP contribution in [0.5, 0.6) is 0 Å². The first-order chi connectivity index (χ1) is 6.20. The lowest BCUT2D eigenvalue weighted by atomic mass is 9.82. The van der Waals surface area contributed by atoms with Gasteiger partial charge in [0, 0.05) is 15.7 Å². The van der Waals surface area contributed by atoms with E-state index in [0.717, 1.165) is 0 Å². The molecule has 0 saturated heterocycles. The highest BCUT2D eigenvalue weighted by atomic mass is 127. The minimum absolute atomic E-state index is 0.433. The fourth-order valence-electron chi connectivity index (χ4n) is 1.73. The van der Waals surface area contributed by atoms with E-state index in [0.29, 0.717) is 17.7 Å². The van der Waals surface area contributed by atoms with Gasteiger partial charge in [-0.05, 0) is 34.1 Å². The Morgan fingerprint density at radius 2 is 2.31 bits per heavy atom. The molecule has 0 spiro atoms. The summed E-state index contributed by atoms with van der Waals surface area (Å²) in [6, 6.07) is 0. The molecule has 0 amide bonds. The third-order valence-corrected chi connectivity index (χ3v) is 3.68. The molecule has 2 atom stereocenters. The number of aliphatic imine (C=N–C) groups is 1. The van der Waals surface area contributed by atoms with E-state index in [1.165, 1.54) is 9.15 Å². The van der Waals surface area contributed by atoms with Crippen LogP contribution >= 0.6 is 22.6 Å². The predicted molar refractivity (Wildman–Crippen MR) is 63.6 cm³/mol. The zero-order valence-electron chi connectivity index (χ0n) is 7.37. The van der Waals surface area contributed by atoms with E-state index < -0.39 is 0 Å². The van der Waals surface area contributed by atoms with Crippen LogP contribution in [0.4, 0.5) is 0 Å². The highest BCUT2D eigenvalue weighted by molar-refractivity contribution is 14.1. The summed E-state index contributed by atoms with van der Waals surface area (Å²) in [5, 5.41) is 0. The highest BCUT2D eigenvalue weighted by Gasteiger charge is 2.27. The van der Waals surface area contributed by atoms with Gasteiger partial charge in [-0.1, -0.05) is 25.2 Å². The maximum Gasteiger partial charge on any atom is 0.133 e. The van der Waals surface area contributed by atoms with Crippen molar-refractivity contribution in [3.8, 4) is 0 Å². The number of fused-ring (bicyclic) bond motifs is 1. The van der Waals surface area contributed by atoms with E-state index in [-0.39, 0.29) is 0 Å². The molecule has 1 aliphatic carbocycles. The molecule has 0 aromatic rings. The van der Waals surface area contributed by atoms with E-state index in [2.05, 4.69) is 52.7 Å². The Kier molecular flexibility index (Phi) is 2.27. The number of nitrogens with two attached hydrogens (primary N) is 1. The molecule has 68 valence electrons. The van der Waals surface area contributed by atoms with Crippen molar-refractivity contribution in [1.82, 2.24) is 0 Å². The van der Waals surface area contributed by atoms with Gasteiger partial charge in [0.25, 0.3) is 0 Å². The molecule has 3 heteroatoms. The van der Waals surface area contributed by atoms with Crippen LogP contribution in [-0.2, 0) is 0 Å². The zero-order valence-corrected chi connectivity index (χ0v) is 9.52. The second-order valence-electron chi connectivity index (χ2n) is 3.38. The Hall–Kier alpha value is -0.580. The first-order valence-electron chi connectivity index (χ1n) is 4.27. The molecule has 1 aliphatic heterocycles. The van der Waals surface area contributed by atoms with Crippen LogP contribution in [0.3, 0.4) is 0 Å². The third kappa shape index (κ3) is 1.45. The first kappa shape index (κ1) is 8.99. The van der Waals surface area contributed by atoms with Gasteiger partial charge >= 0.3 is 0 Å². The quantitative estimate of drug-likeness (QED) is 0.682.